The van der Waals surface area contributed by atoms with Crippen LogP contribution >= 0.6 is 15.9 Å². The van der Waals surface area contributed by atoms with Crippen LogP contribution < -0.4 is 5.56 Å². The Morgan fingerprint density at radius 2 is 2.03 bits per heavy atom. The van der Waals surface area contributed by atoms with Crippen molar-refractivity contribution in [3.8, 4) is 12.3 Å². The van der Waals surface area contributed by atoms with Gasteiger partial charge in [0, 0.05) is 33.1 Å². The molecule has 0 saturated carbocycles. The van der Waals surface area contributed by atoms with Crippen molar-refractivity contribution in [2.45, 2.75) is 26.8 Å². The summed E-state index contributed by atoms with van der Waals surface area (Å²) < 4.78 is 4.30. The van der Waals surface area contributed by atoms with Gasteiger partial charge in [-0.1, -0.05) is 47.0 Å². The van der Waals surface area contributed by atoms with Crippen molar-refractivity contribution in [2.24, 2.45) is 5.10 Å². The highest BCUT2D eigenvalue weighted by atomic mass is 79.9. The zero-order valence-electron chi connectivity index (χ0n) is 16.2. The van der Waals surface area contributed by atoms with Crippen LogP contribution in [0, 0.1) is 19.3 Å². The molecule has 0 spiro atoms. The van der Waals surface area contributed by atoms with Crippen LogP contribution in [0.15, 0.2) is 56.8 Å². The summed E-state index contributed by atoms with van der Waals surface area (Å²) in [6.45, 7) is 4.45. The van der Waals surface area contributed by atoms with Gasteiger partial charge in [0.05, 0.1) is 23.7 Å². The Morgan fingerprint density at radius 3 is 2.79 bits per heavy atom. The zero-order chi connectivity index (χ0) is 20.5. The van der Waals surface area contributed by atoms with Gasteiger partial charge in [-0.3, -0.25) is 4.79 Å². The average Bonchev–Trinajstić information content (AvgIpc) is 2.99. The molecular formula is C23H19BrN4O. The Hall–Kier alpha value is -3.17. The van der Waals surface area contributed by atoms with E-state index >= 15 is 0 Å². The first-order valence-electron chi connectivity index (χ1n) is 9.32. The molecule has 0 saturated heterocycles. The third-order valence-corrected chi connectivity index (χ3v) is 5.52. The smallest absolute Gasteiger partial charge is 0.282 e. The SMILES string of the molecule is C#CCn1c(C)c(C=Nn2c(CC)nc3ccc(Br)cc3c2=O)c2ccccc21. The van der Waals surface area contributed by atoms with Crippen LogP contribution in [0.1, 0.15) is 24.0 Å². The lowest BCUT2D eigenvalue weighted by molar-refractivity contribution is 0.734. The van der Waals surface area contributed by atoms with E-state index < -0.39 is 0 Å². The fourth-order valence-electron chi connectivity index (χ4n) is 3.57. The van der Waals surface area contributed by atoms with E-state index in [4.69, 9.17) is 6.42 Å². The Bertz CT molecular complexity index is 1370. The van der Waals surface area contributed by atoms with E-state index in [-0.39, 0.29) is 5.56 Å². The minimum atomic E-state index is -0.186. The largest absolute Gasteiger partial charge is 0.333 e. The first kappa shape index (κ1) is 19.2. The Morgan fingerprint density at radius 1 is 1.24 bits per heavy atom. The number of halogens is 1. The van der Waals surface area contributed by atoms with Crippen molar-refractivity contribution < 1.29 is 0 Å². The number of aryl methyl sites for hydroxylation is 1. The molecule has 4 aromatic rings. The summed E-state index contributed by atoms with van der Waals surface area (Å²) in [4.78, 5) is 17.7. The summed E-state index contributed by atoms with van der Waals surface area (Å²) in [7, 11) is 0. The van der Waals surface area contributed by atoms with Crippen molar-refractivity contribution in [3.63, 3.8) is 0 Å². The van der Waals surface area contributed by atoms with E-state index in [0.29, 0.717) is 29.7 Å². The third kappa shape index (κ3) is 3.28. The summed E-state index contributed by atoms with van der Waals surface area (Å²) in [5.74, 6) is 3.32. The minimum Gasteiger partial charge on any atom is -0.333 e. The van der Waals surface area contributed by atoms with Gasteiger partial charge in [-0.15, -0.1) is 6.42 Å². The summed E-state index contributed by atoms with van der Waals surface area (Å²) in [5.41, 5.74) is 3.49. The van der Waals surface area contributed by atoms with E-state index in [9.17, 15) is 4.79 Å². The van der Waals surface area contributed by atoms with Crippen LogP contribution in [0.2, 0.25) is 0 Å². The number of benzene rings is 2. The number of hydrogen-bond donors (Lipinski definition) is 0. The van der Waals surface area contributed by atoms with Crippen molar-refractivity contribution >= 4 is 44.0 Å². The molecule has 2 heterocycles. The van der Waals surface area contributed by atoms with Gasteiger partial charge in [0.2, 0.25) is 0 Å². The summed E-state index contributed by atoms with van der Waals surface area (Å²) in [5, 5.41) is 6.12. The van der Waals surface area contributed by atoms with Gasteiger partial charge in [-0.25, -0.2) is 4.98 Å². The normalized spacial score (nSPS) is 11.5. The van der Waals surface area contributed by atoms with Crippen LogP contribution in [0.3, 0.4) is 0 Å². The maximum atomic E-state index is 13.1. The molecule has 0 unspecified atom stereocenters. The molecule has 0 radical (unpaired) electrons. The molecule has 144 valence electrons. The molecule has 2 aromatic heterocycles. The molecule has 0 aliphatic heterocycles. The third-order valence-electron chi connectivity index (χ3n) is 5.02. The van der Waals surface area contributed by atoms with Crippen LogP contribution in [0.5, 0.6) is 0 Å². The van der Waals surface area contributed by atoms with E-state index in [0.717, 1.165) is 26.6 Å². The van der Waals surface area contributed by atoms with Crippen molar-refractivity contribution in [1.29, 1.82) is 0 Å². The summed E-state index contributed by atoms with van der Waals surface area (Å²) in [6.07, 6.45) is 7.88. The Labute approximate surface area is 176 Å². The maximum absolute atomic E-state index is 13.1. The molecule has 29 heavy (non-hydrogen) atoms. The molecule has 4 rings (SSSR count). The lowest BCUT2D eigenvalue weighted by Gasteiger charge is -2.08. The average molecular weight is 447 g/mol. The van der Waals surface area contributed by atoms with E-state index in [1.54, 1.807) is 12.3 Å². The molecule has 6 heteroatoms. The highest BCUT2D eigenvalue weighted by molar-refractivity contribution is 9.10. The number of nitrogens with zero attached hydrogens (tertiary/aromatic N) is 4. The minimum absolute atomic E-state index is 0.186. The van der Waals surface area contributed by atoms with Gasteiger partial charge < -0.3 is 4.57 Å². The van der Waals surface area contributed by atoms with Crippen molar-refractivity contribution in [2.75, 3.05) is 0 Å². The topological polar surface area (TPSA) is 52.2 Å². The standard InChI is InChI=1S/C23H19BrN4O/c1-4-12-27-15(3)19(17-8-6-7-9-21(17)27)14-25-28-22(5-2)26-20-11-10-16(24)13-18(20)23(28)29/h1,6-11,13-14H,5,12H2,2-3H3. The van der Waals surface area contributed by atoms with Crippen LogP contribution in [0.4, 0.5) is 0 Å². The molecule has 0 aliphatic carbocycles. The molecule has 0 aliphatic rings. The second-order valence-electron chi connectivity index (χ2n) is 6.71. The maximum Gasteiger partial charge on any atom is 0.282 e. The monoisotopic (exact) mass is 446 g/mol. The summed E-state index contributed by atoms with van der Waals surface area (Å²) >= 11 is 3.42. The number of terminal acetylenes is 1. The Balaban J connectivity index is 1.92. The first-order chi connectivity index (χ1) is 14.0. The van der Waals surface area contributed by atoms with Crippen LogP contribution in [0.25, 0.3) is 21.8 Å². The molecule has 0 atom stereocenters. The number of fused-ring (bicyclic) bond motifs is 2. The van der Waals surface area contributed by atoms with Gasteiger partial charge in [-0.2, -0.15) is 9.78 Å². The van der Waals surface area contributed by atoms with Gasteiger partial charge in [0.15, 0.2) is 0 Å². The van der Waals surface area contributed by atoms with Crippen LogP contribution in [-0.4, -0.2) is 20.4 Å². The molecule has 0 fully saturated rings. The first-order valence-corrected chi connectivity index (χ1v) is 10.1. The molecule has 5 nitrogen and oxygen atoms in total. The fourth-order valence-corrected chi connectivity index (χ4v) is 3.93. The molecule has 0 amide bonds. The van der Waals surface area contributed by atoms with Gasteiger partial charge in [-0.05, 0) is 31.2 Å². The number of para-hydroxylation sites is 1. The predicted molar refractivity (Wildman–Crippen MR) is 122 cm³/mol. The van der Waals surface area contributed by atoms with E-state index in [2.05, 4.69) is 36.5 Å². The number of hydrogen-bond acceptors (Lipinski definition) is 3. The van der Waals surface area contributed by atoms with E-state index in [1.165, 1.54) is 4.68 Å². The van der Waals surface area contributed by atoms with Crippen LogP contribution in [-0.2, 0) is 13.0 Å². The lowest BCUT2D eigenvalue weighted by atomic mass is 10.1. The van der Waals surface area contributed by atoms with Gasteiger partial charge >= 0.3 is 0 Å². The second-order valence-corrected chi connectivity index (χ2v) is 7.63. The molecule has 2 aromatic carbocycles. The highest BCUT2D eigenvalue weighted by Gasteiger charge is 2.13. The van der Waals surface area contributed by atoms with E-state index in [1.807, 2.05) is 50.2 Å². The zero-order valence-corrected chi connectivity index (χ0v) is 17.8. The number of aromatic nitrogens is 3. The second kappa shape index (κ2) is 7.69. The predicted octanol–water partition coefficient (Wildman–Crippen LogP) is 4.50. The highest BCUT2D eigenvalue weighted by Crippen LogP contribution is 2.24. The summed E-state index contributed by atoms with van der Waals surface area (Å²) in [6, 6.07) is 13.5. The quantitative estimate of drug-likeness (QED) is 0.342. The Kier molecular flexibility index (Phi) is 5.08. The van der Waals surface area contributed by atoms with Crippen molar-refractivity contribution in [3.05, 3.63) is 74.4 Å². The molecule has 0 bridgehead atoms. The van der Waals surface area contributed by atoms with Gasteiger partial charge in [0.1, 0.15) is 5.82 Å². The van der Waals surface area contributed by atoms with Gasteiger partial charge in [0.25, 0.3) is 5.56 Å². The molecular weight excluding hydrogens is 428 g/mol. The van der Waals surface area contributed by atoms with Crippen molar-refractivity contribution in [1.82, 2.24) is 14.2 Å². The number of rotatable bonds is 4. The fraction of sp³-hybridized carbons (Fsp3) is 0.174. The lowest BCUT2D eigenvalue weighted by Crippen LogP contribution is -2.22. The molecule has 0 N–H and O–H groups in total.